The third-order valence-electron chi connectivity index (χ3n) is 6.60. The van der Waals surface area contributed by atoms with E-state index in [2.05, 4.69) is 31.2 Å². The number of rotatable bonds is 6. The Morgan fingerprint density at radius 2 is 1.68 bits per heavy atom. The fourth-order valence-corrected chi connectivity index (χ4v) is 4.66. The molecule has 1 aromatic heterocycles. The van der Waals surface area contributed by atoms with Crippen LogP contribution in [0.3, 0.4) is 0 Å². The normalized spacial score (nSPS) is 12.0. The lowest BCUT2D eigenvalue weighted by molar-refractivity contribution is -0.119. The Labute approximate surface area is 232 Å². The number of aryl methyl sites for hydroxylation is 1. The van der Waals surface area contributed by atoms with Gasteiger partial charge in [-0.15, -0.1) is 0 Å². The predicted molar refractivity (Wildman–Crippen MR) is 146 cm³/mol. The first-order valence-corrected chi connectivity index (χ1v) is 12.5. The molecular formula is C29H24F2N6O4. The fourth-order valence-electron chi connectivity index (χ4n) is 4.66. The van der Waals surface area contributed by atoms with Crippen molar-refractivity contribution < 1.29 is 28.0 Å². The zero-order valence-corrected chi connectivity index (χ0v) is 21.9. The number of benzene rings is 3. The van der Waals surface area contributed by atoms with Crippen LogP contribution in [0.25, 0.3) is 22.5 Å². The molecule has 3 aromatic carbocycles. The first-order chi connectivity index (χ1) is 19.6. The Hall–Kier alpha value is -5.39. The van der Waals surface area contributed by atoms with Gasteiger partial charge in [0.2, 0.25) is 5.91 Å². The van der Waals surface area contributed by atoms with E-state index in [4.69, 9.17) is 0 Å². The van der Waals surface area contributed by atoms with Crippen molar-refractivity contribution in [1.82, 2.24) is 25.9 Å². The van der Waals surface area contributed by atoms with E-state index < -0.39 is 23.6 Å². The van der Waals surface area contributed by atoms with E-state index in [0.717, 1.165) is 6.07 Å². The summed E-state index contributed by atoms with van der Waals surface area (Å²) in [5.41, 5.74) is 3.38. The molecule has 0 saturated carbocycles. The van der Waals surface area contributed by atoms with Crippen LogP contribution in [0.15, 0.2) is 54.6 Å². The van der Waals surface area contributed by atoms with Crippen molar-refractivity contribution in [3.8, 4) is 22.5 Å². The van der Waals surface area contributed by atoms with Gasteiger partial charge >= 0.3 is 6.03 Å². The van der Waals surface area contributed by atoms with Gasteiger partial charge in [-0.25, -0.2) is 18.6 Å². The number of imide groups is 1. The van der Waals surface area contributed by atoms with Crippen LogP contribution in [0.1, 0.15) is 37.7 Å². The number of fused-ring (bicyclic) bond motifs is 1. The van der Waals surface area contributed by atoms with Crippen molar-refractivity contribution in [1.29, 1.82) is 0 Å². The number of nitrogens with one attached hydrogen (secondary N) is 5. The van der Waals surface area contributed by atoms with Crippen molar-refractivity contribution in [2.24, 2.45) is 0 Å². The second-order valence-electron chi connectivity index (χ2n) is 9.34. The van der Waals surface area contributed by atoms with Gasteiger partial charge < -0.3 is 20.9 Å². The second-order valence-corrected chi connectivity index (χ2v) is 9.34. The number of nitrogens with zero attached hydrogens (tertiary/aromatic N) is 1. The molecule has 12 heteroatoms. The molecule has 0 unspecified atom stereocenters. The molecule has 0 fully saturated rings. The van der Waals surface area contributed by atoms with Crippen LogP contribution in [0.2, 0.25) is 0 Å². The summed E-state index contributed by atoms with van der Waals surface area (Å²) in [6, 6.07) is 11.8. The molecule has 4 aromatic rings. The number of urea groups is 1. The standard InChI is InChI=1S/C29H24F2N6O4/c1-14-25(28(40)32-2)37-26(34-14)20-10-9-18(21-13-33-27(39)24(20)21)19-8-7-17(12-22(19)31)35-29(41)36-23(38)11-15-3-5-16(30)6-4-15/h3-10,12H,11,13H2,1-2H3,(H,32,40)(H,33,39)(H,34,37)(H2,35,36,38,41). The number of amides is 5. The summed E-state index contributed by atoms with van der Waals surface area (Å²) < 4.78 is 28.3. The van der Waals surface area contributed by atoms with E-state index in [0.29, 0.717) is 39.3 Å². The van der Waals surface area contributed by atoms with E-state index in [1.807, 2.05) is 0 Å². The van der Waals surface area contributed by atoms with Crippen molar-refractivity contribution in [2.45, 2.75) is 19.9 Å². The Bertz CT molecular complexity index is 1720. The maximum Gasteiger partial charge on any atom is 0.325 e. The van der Waals surface area contributed by atoms with Crippen LogP contribution in [0.4, 0.5) is 19.3 Å². The number of halogens is 2. The molecule has 5 N–H and O–H groups in total. The number of imidazole rings is 1. The highest BCUT2D eigenvalue weighted by atomic mass is 19.1. The van der Waals surface area contributed by atoms with Gasteiger partial charge in [-0.3, -0.25) is 19.7 Å². The minimum atomic E-state index is -0.853. The smallest absolute Gasteiger partial charge is 0.325 e. The van der Waals surface area contributed by atoms with Crippen LogP contribution in [-0.4, -0.2) is 40.8 Å². The number of carbonyl (C=O) groups excluding carboxylic acids is 4. The summed E-state index contributed by atoms with van der Waals surface area (Å²) in [7, 11) is 1.49. The second kappa shape index (κ2) is 11.0. The molecule has 0 saturated heterocycles. The number of aromatic nitrogens is 2. The summed E-state index contributed by atoms with van der Waals surface area (Å²) in [4.78, 5) is 56.7. The lowest BCUT2D eigenvalue weighted by Crippen LogP contribution is -2.35. The summed E-state index contributed by atoms with van der Waals surface area (Å²) in [5.74, 6) is -2.11. The molecule has 0 bridgehead atoms. The van der Waals surface area contributed by atoms with Gasteiger partial charge in [-0.05, 0) is 60.0 Å². The average Bonchev–Trinajstić information content (AvgIpc) is 3.52. The number of carbonyl (C=O) groups is 4. The molecule has 0 spiro atoms. The van der Waals surface area contributed by atoms with Crippen LogP contribution in [0.5, 0.6) is 0 Å². The van der Waals surface area contributed by atoms with Crippen LogP contribution >= 0.6 is 0 Å². The highest BCUT2D eigenvalue weighted by Gasteiger charge is 2.29. The molecule has 5 rings (SSSR count). The number of anilines is 1. The molecular weight excluding hydrogens is 534 g/mol. The minimum Gasteiger partial charge on any atom is -0.354 e. The highest BCUT2D eigenvalue weighted by molar-refractivity contribution is 6.06. The Morgan fingerprint density at radius 3 is 2.39 bits per heavy atom. The first kappa shape index (κ1) is 27.2. The van der Waals surface area contributed by atoms with E-state index in [1.54, 1.807) is 19.1 Å². The summed E-state index contributed by atoms with van der Waals surface area (Å²) in [5, 5.41) is 9.84. The molecule has 208 valence electrons. The van der Waals surface area contributed by atoms with Gasteiger partial charge in [0, 0.05) is 36.1 Å². The topological polar surface area (TPSA) is 145 Å². The summed E-state index contributed by atoms with van der Waals surface area (Å²) in [6.07, 6.45) is -0.139. The Kier molecular flexibility index (Phi) is 7.30. The third kappa shape index (κ3) is 5.53. The zero-order valence-electron chi connectivity index (χ0n) is 21.9. The number of hydrogen-bond donors (Lipinski definition) is 5. The molecule has 41 heavy (non-hydrogen) atoms. The largest absolute Gasteiger partial charge is 0.354 e. The monoisotopic (exact) mass is 558 g/mol. The van der Waals surface area contributed by atoms with E-state index in [1.165, 1.54) is 43.4 Å². The molecule has 2 heterocycles. The Balaban J connectivity index is 1.35. The molecule has 1 aliphatic rings. The van der Waals surface area contributed by atoms with Gasteiger partial charge in [0.25, 0.3) is 11.8 Å². The van der Waals surface area contributed by atoms with Gasteiger partial charge in [-0.2, -0.15) is 0 Å². The van der Waals surface area contributed by atoms with Crippen molar-refractivity contribution >= 4 is 29.4 Å². The maximum absolute atomic E-state index is 15.3. The fraction of sp³-hybridized carbons (Fsp3) is 0.138. The van der Waals surface area contributed by atoms with Crippen molar-refractivity contribution in [3.05, 3.63) is 94.3 Å². The molecule has 10 nitrogen and oxygen atoms in total. The number of H-pyrrole nitrogens is 1. The number of aromatic amines is 1. The predicted octanol–water partition coefficient (Wildman–Crippen LogP) is 3.82. The SMILES string of the molecule is CNC(=O)c1nc(-c2ccc(-c3ccc(NC(=O)NC(=O)Cc4ccc(F)cc4)cc3F)c3c2C(=O)NC3)[nH]c1C. The summed E-state index contributed by atoms with van der Waals surface area (Å²) in [6.45, 7) is 1.86. The lowest BCUT2D eigenvalue weighted by atomic mass is 9.92. The van der Waals surface area contributed by atoms with Crippen molar-refractivity contribution in [2.75, 3.05) is 12.4 Å². The maximum atomic E-state index is 15.3. The van der Waals surface area contributed by atoms with Gasteiger partial charge in [0.05, 0.1) is 12.0 Å². The third-order valence-corrected chi connectivity index (χ3v) is 6.60. The molecule has 5 amide bonds. The van der Waals surface area contributed by atoms with Crippen LogP contribution < -0.4 is 21.3 Å². The van der Waals surface area contributed by atoms with E-state index in [9.17, 15) is 23.6 Å². The van der Waals surface area contributed by atoms with Crippen LogP contribution in [-0.2, 0) is 17.8 Å². The van der Waals surface area contributed by atoms with Crippen molar-refractivity contribution in [3.63, 3.8) is 0 Å². The lowest BCUT2D eigenvalue weighted by Gasteiger charge is -2.13. The molecule has 0 radical (unpaired) electrons. The minimum absolute atomic E-state index is 0.105. The highest BCUT2D eigenvalue weighted by Crippen LogP contribution is 2.37. The van der Waals surface area contributed by atoms with E-state index in [-0.39, 0.29) is 41.7 Å². The number of hydrogen-bond acceptors (Lipinski definition) is 5. The Morgan fingerprint density at radius 1 is 0.976 bits per heavy atom. The molecule has 1 aliphatic heterocycles. The van der Waals surface area contributed by atoms with E-state index >= 15 is 4.39 Å². The zero-order chi connectivity index (χ0) is 29.3. The summed E-state index contributed by atoms with van der Waals surface area (Å²) >= 11 is 0. The van der Waals surface area contributed by atoms with Gasteiger partial charge in [-0.1, -0.05) is 18.2 Å². The van der Waals surface area contributed by atoms with Gasteiger partial charge in [0.15, 0.2) is 0 Å². The molecule has 0 aliphatic carbocycles. The van der Waals surface area contributed by atoms with Gasteiger partial charge in [0.1, 0.15) is 23.2 Å². The van der Waals surface area contributed by atoms with Crippen LogP contribution in [0, 0.1) is 18.6 Å². The quantitative estimate of drug-likeness (QED) is 0.244. The molecule has 0 atom stereocenters. The first-order valence-electron chi connectivity index (χ1n) is 12.5. The average molecular weight is 559 g/mol.